The molecule has 2 aliphatic rings. The Morgan fingerprint density at radius 2 is 2.36 bits per heavy atom. The van der Waals surface area contributed by atoms with Crippen molar-refractivity contribution in [2.75, 3.05) is 0 Å². The predicted octanol–water partition coefficient (Wildman–Crippen LogP) is 1.27. The van der Waals surface area contributed by atoms with Crippen molar-refractivity contribution in [2.24, 2.45) is 5.92 Å². The van der Waals surface area contributed by atoms with Crippen molar-refractivity contribution in [1.29, 1.82) is 0 Å². The summed E-state index contributed by atoms with van der Waals surface area (Å²) in [5.41, 5.74) is -0.599. The Labute approximate surface area is 66.6 Å². The Balaban J connectivity index is 2.15. The van der Waals surface area contributed by atoms with Gasteiger partial charge in [0.05, 0.1) is 5.60 Å². The van der Waals surface area contributed by atoms with Gasteiger partial charge in [-0.25, -0.2) is 0 Å². The van der Waals surface area contributed by atoms with Gasteiger partial charge in [0, 0.05) is 12.8 Å². The van der Waals surface area contributed by atoms with Crippen LogP contribution in [0.1, 0.15) is 38.5 Å². The fourth-order valence-electron chi connectivity index (χ4n) is 2.56. The molecule has 2 saturated carbocycles. The molecule has 2 nitrogen and oxygen atoms in total. The third kappa shape index (κ3) is 1.32. The number of ketones is 1. The van der Waals surface area contributed by atoms with E-state index in [1.54, 1.807) is 0 Å². The molecule has 0 spiro atoms. The molecule has 62 valence electrons. The zero-order chi connectivity index (χ0) is 7.90. The first kappa shape index (κ1) is 7.29. The molecule has 2 bridgehead atoms. The van der Waals surface area contributed by atoms with E-state index in [9.17, 15) is 9.90 Å². The molecule has 0 aromatic heterocycles. The van der Waals surface area contributed by atoms with E-state index >= 15 is 0 Å². The molecule has 2 heteroatoms. The predicted molar refractivity (Wildman–Crippen MR) is 41.1 cm³/mol. The third-order valence-corrected chi connectivity index (χ3v) is 2.97. The third-order valence-electron chi connectivity index (χ3n) is 2.97. The number of fused-ring (bicyclic) bond motifs is 2. The fraction of sp³-hybridized carbons (Fsp3) is 0.889. The molecule has 0 aromatic rings. The Bertz CT molecular complexity index is 188. The molecule has 11 heavy (non-hydrogen) atoms. The average Bonchev–Trinajstić information content (AvgIpc) is 1.82. The average molecular weight is 154 g/mol. The lowest BCUT2D eigenvalue weighted by Crippen LogP contribution is -2.42. The molecular weight excluding hydrogens is 140 g/mol. The molecule has 2 aliphatic carbocycles. The number of rotatable bonds is 0. The van der Waals surface area contributed by atoms with Crippen LogP contribution in [0.15, 0.2) is 0 Å². The highest BCUT2D eigenvalue weighted by Gasteiger charge is 2.40. The Kier molecular flexibility index (Phi) is 1.53. The molecule has 0 aliphatic heterocycles. The number of hydrogen-bond donors (Lipinski definition) is 1. The topological polar surface area (TPSA) is 37.3 Å². The second-order valence-corrected chi connectivity index (χ2v) is 4.11. The SMILES string of the molecule is O=C1C[C@@H]2CCC[C@@](O)(C1)C2. The van der Waals surface area contributed by atoms with Crippen LogP contribution in [0.3, 0.4) is 0 Å². The van der Waals surface area contributed by atoms with Crippen LogP contribution in [0.2, 0.25) is 0 Å². The summed E-state index contributed by atoms with van der Waals surface area (Å²) in [5, 5.41) is 9.85. The minimum absolute atomic E-state index is 0.267. The summed E-state index contributed by atoms with van der Waals surface area (Å²) in [7, 11) is 0. The van der Waals surface area contributed by atoms with Gasteiger partial charge in [0.1, 0.15) is 5.78 Å². The summed E-state index contributed by atoms with van der Waals surface area (Å²) in [5.74, 6) is 0.762. The summed E-state index contributed by atoms with van der Waals surface area (Å²) >= 11 is 0. The quantitative estimate of drug-likeness (QED) is 0.570. The Hall–Kier alpha value is -0.370. The smallest absolute Gasteiger partial charge is 0.136 e. The van der Waals surface area contributed by atoms with Gasteiger partial charge in [0.15, 0.2) is 0 Å². The highest BCUT2D eigenvalue weighted by molar-refractivity contribution is 5.80. The maximum Gasteiger partial charge on any atom is 0.136 e. The standard InChI is InChI=1S/C9H14O2/c10-8-4-7-2-1-3-9(11,5-7)6-8/h7,11H,1-6H2/t7-,9-/m0/s1. The van der Waals surface area contributed by atoms with Gasteiger partial charge >= 0.3 is 0 Å². The van der Waals surface area contributed by atoms with Crippen LogP contribution in [0.25, 0.3) is 0 Å². The molecule has 0 unspecified atom stereocenters. The van der Waals surface area contributed by atoms with Gasteiger partial charge in [-0.2, -0.15) is 0 Å². The number of carbonyl (C=O) groups is 1. The van der Waals surface area contributed by atoms with E-state index in [4.69, 9.17) is 0 Å². The molecule has 2 rings (SSSR count). The van der Waals surface area contributed by atoms with E-state index in [0.29, 0.717) is 12.3 Å². The fourth-order valence-corrected chi connectivity index (χ4v) is 2.56. The summed E-state index contributed by atoms with van der Waals surface area (Å²) in [6.07, 6.45) is 5.11. The van der Waals surface area contributed by atoms with E-state index in [1.807, 2.05) is 0 Å². The van der Waals surface area contributed by atoms with E-state index in [-0.39, 0.29) is 5.78 Å². The van der Waals surface area contributed by atoms with Crippen LogP contribution in [0, 0.1) is 5.92 Å². The zero-order valence-corrected chi connectivity index (χ0v) is 6.68. The second kappa shape index (κ2) is 2.31. The Morgan fingerprint density at radius 1 is 1.55 bits per heavy atom. The van der Waals surface area contributed by atoms with Gasteiger partial charge in [-0.3, -0.25) is 4.79 Å². The van der Waals surface area contributed by atoms with Crippen LogP contribution in [-0.2, 0) is 4.79 Å². The largest absolute Gasteiger partial charge is 0.389 e. The highest BCUT2D eigenvalue weighted by atomic mass is 16.3. The lowest BCUT2D eigenvalue weighted by molar-refractivity contribution is -0.134. The lowest BCUT2D eigenvalue weighted by atomic mass is 9.69. The van der Waals surface area contributed by atoms with E-state index in [1.165, 1.54) is 0 Å². The minimum Gasteiger partial charge on any atom is -0.389 e. The van der Waals surface area contributed by atoms with Crippen molar-refractivity contribution in [2.45, 2.75) is 44.1 Å². The summed E-state index contributed by atoms with van der Waals surface area (Å²) in [6.45, 7) is 0. The van der Waals surface area contributed by atoms with Gasteiger partial charge in [-0.15, -0.1) is 0 Å². The number of aliphatic hydroxyl groups is 1. The maximum absolute atomic E-state index is 11.1. The van der Waals surface area contributed by atoms with Crippen molar-refractivity contribution < 1.29 is 9.90 Å². The van der Waals surface area contributed by atoms with Crippen molar-refractivity contribution in [1.82, 2.24) is 0 Å². The van der Waals surface area contributed by atoms with Crippen LogP contribution < -0.4 is 0 Å². The summed E-state index contributed by atoms with van der Waals surface area (Å²) in [6, 6.07) is 0. The Morgan fingerprint density at radius 3 is 3.09 bits per heavy atom. The van der Waals surface area contributed by atoms with Crippen molar-refractivity contribution in [3.05, 3.63) is 0 Å². The van der Waals surface area contributed by atoms with Gasteiger partial charge in [0.2, 0.25) is 0 Å². The molecular formula is C9H14O2. The first-order chi connectivity index (χ1) is 5.18. The highest BCUT2D eigenvalue weighted by Crippen LogP contribution is 2.40. The van der Waals surface area contributed by atoms with Crippen molar-refractivity contribution in [3.8, 4) is 0 Å². The first-order valence-corrected chi connectivity index (χ1v) is 4.42. The molecule has 2 fully saturated rings. The van der Waals surface area contributed by atoms with Crippen LogP contribution in [0.4, 0.5) is 0 Å². The van der Waals surface area contributed by atoms with Crippen LogP contribution in [0.5, 0.6) is 0 Å². The molecule has 1 N–H and O–H groups in total. The van der Waals surface area contributed by atoms with Crippen molar-refractivity contribution in [3.63, 3.8) is 0 Å². The molecule has 0 saturated heterocycles. The maximum atomic E-state index is 11.1. The molecule has 2 atom stereocenters. The number of carbonyl (C=O) groups excluding carboxylic acids is 1. The normalized spacial score (nSPS) is 44.1. The van der Waals surface area contributed by atoms with Crippen LogP contribution in [-0.4, -0.2) is 16.5 Å². The van der Waals surface area contributed by atoms with Gasteiger partial charge in [-0.1, -0.05) is 6.42 Å². The number of Topliss-reactive ketones (excluding diaryl/α,β-unsaturated/α-hetero) is 1. The van der Waals surface area contributed by atoms with E-state index in [0.717, 1.165) is 32.1 Å². The number of hydrogen-bond acceptors (Lipinski definition) is 2. The lowest BCUT2D eigenvalue weighted by Gasteiger charge is -2.40. The molecule has 0 heterocycles. The molecule has 0 radical (unpaired) electrons. The van der Waals surface area contributed by atoms with Gasteiger partial charge in [0.25, 0.3) is 0 Å². The molecule has 0 aromatic carbocycles. The molecule has 0 amide bonds. The monoisotopic (exact) mass is 154 g/mol. The summed E-state index contributed by atoms with van der Waals surface area (Å²) < 4.78 is 0. The zero-order valence-electron chi connectivity index (χ0n) is 6.68. The van der Waals surface area contributed by atoms with Crippen molar-refractivity contribution >= 4 is 5.78 Å². The minimum atomic E-state index is -0.599. The summed E-state index contributed by atoms with van der Waals surface area (Å²) in [4.78, 5) is 11.1. The first-order valence-electron chi connectivity index (χ1n) is 4.42. The second-order valence-electron chi connectivity index (χ2n) is 4.11. The van der Waals surface area contributed by atoms with Gasteiger partial charge in [-0.05, 0) is 25.2 Å². The van der Waals surface area contributed by atoms with Gasteiger partial charge < -0.3 is 5.11 Å². The van der Waals surface area contributed by atoms with Crippen LogP contribution >= 0.6 is 0 Å². The van der Waals surface area contributed by atoms with E-state index < -0.39 is 5.60 Å². The van der Waals surface area contributed by atoms with E-state index in [2.05, 4.69) is 0 Å².